The second-order valence-electron chi connectivity index (χ2n) is 6.85. The summed E-state index contributed by atoms with van der Waals surface area (Å²) in [6, 6.07) is 0.00592. The molecule has 1 aromatic heterocycles. The molecule has 2 saturated carbocycles. The minimum absolute atomic E-state index is 0.0697. The SMILES string of the molecule is Cc1nn([C@@H](C)C(=O)N[C@@H](C)[C@@H]2C[C@@H]3CC[C@@H]2C3)cc1Br. The monoisotopic (exact) mass is 353 g/mol. The van der Waals surface area contributed by atoms with Crippen molar-refractivity contribution in [3.63, 3.8) is 0 Å². The maximum atomic E-state index is 12.5. The third-order valence-electron chi connectivity index (χ3n) is 5.44. The largest absolute Gasteiger partial charge is 0.352 e. The van der Waals surface area contributed by atoms with Gasteiger partial charge in [-0.2, -0.15) is 5.10 Å². The lowest BCUT2D eigenvalue weighted by Gasteiger charge is -2.29. The third-order valence-corrected chi connectivity index (χ3v) is 6.22. The Balaban J connectivity index is 1.60. The van der Waals surface area contributed by atoms with Gasteiger partial charge in [-0.05, 0) is 73.7 Å². The van der Waals surface area contributed by atoms with Crippen molar-refractivity contribution in [1.82, 2.24) is 15.1 Å². The second kappa shape index (κ2) is 5.75. The Morgan fingerprint density at radius 2 is 2.19 bits per heavy atom. The number of halogens is 1. The van der Waals surface area contributed by atoms with Crippen LogP contribution in [-0.2, 0) is 4.79 Å². The molecule has 1 N–H and O–H groups in total. The summed E-state index contributed by atoms with van der Waals surface area (Å²) < 4.78 is 2.69. The number of nitrogens with one attached hydrogen (secondary N) is 1. The van der Waals surface area contributed by atoms with Crippen LogP contribution in [0.1, 0.15) is 51.3 Å². The number of nitrogens with zero attached hydrogens (tertiary/aromatic N) is 2. The smallest absolute Gasteiger partial charge is 0.244 e. The highest BCUT2D eigenvalue weighted by Gasteiger charge is 2.42. The molecule has 0 aromatic carbocycles. The number of aryl methyl sites for hydroxylation is 1. The number of amides is 1. The Hall–Kier alpha value is -0.840. The van der Waals surface area contributed by atoms with E-state index in [1.54, 1.807) is 4.68 Å². The summed E-state index contributed by atoms with van der Waals surface area (Å²) in [5.74, 6) is 2.49. The van der Waals surface area contributed by atoms with Gasteiger partial charge in [-0.1, -0.05) is 6.42 Å². The normalized spacial score (nSPS) is 30.4. The van der Waals surface area contributed by atoms with E-state index in [2.05, 4.69) is 33.3 Å². The highest BCUT2D eigenvalue weighted by Crippen LogP contribution is 2.49. The predicted octanol–water partition coefficient (Wildman–Crippen LogP) is 3.46. The quantitative estimate of drug-likeness (QED) is 0.900. The fraction of sp³-hybridized carbons (Fsp3) is 0.750. The van der Waals surface area contributed by atoms with Gasteiger partial charge in [-0.3, -0.25) is 9.48 Å². The Morgan fingerprint density at radius 3 is 2.71 bits per heavy atom. The molecule has 3 rings (SSSR count). The first kappa shape index (κ1) is 15.1. The fourth-order valence-electron chi connectivity index (χ4n) is 4.14. The fourth-order valence-corrected chi connectivity index (χ4v) is 4.43. The average Bonchev–Trinajstić information content (AvgIpc) is 3.14. The van der Waals surface area contributed by atoms with E-state index in [-0.39, 0.29) is 18.0 Å². The zero-order valence-corrected chi connectivity index (χ0v) is 14.6. The van der Waals surface area contributed by atoms with Crippen molar-refractivity contribution in [2.75, 3.05) is 0 Å². The van der Waals surface area contributed by atoms with Crippen LogP contribution in [0.4, 0.5) is 0 Å². The van der Waals surface area contributed by atoms with E-state index < -0.39 is 0 Å². The number of rotatable bonds is 4. The van der Waals surface area contributed by atoms with E-state index in [4.69, 9.17) is 0 Å². The van der Waals surface area contributed by atoms with Gasteiger partial charge in [0.2, 0.25) is 5.91 Å². The van der Waals surface area contributed by atoms with Crippen LogP contribution in [0.25, 0.3) is 0 Å². The molecule has 2 aliphatic rings. The predicted molar refractivity (Wildman–Crippen MR) is 85.9 cm³/mol. The van der Waals surface area contributed by atoms with Gasteiger partial charge in [-0.25, -0.2) is 0 Å². The number of carbonyl (C=O) groups is 1. The van der Waals surface area contributed by atoms with Gasteiger partial charge in [0.15, 0.2) is 0 Å². The molecule has 116 valence electrons. The van der Waals surface area contributed by atoms with Crippen molar-refractivity contribution < 1.29 is 4.79 Å². The Labute approximate surface area is 134 Å². The van der Waals surface area contributed by atoms with Crippen molar-refractivity contribution in [3.05, 3.63) is 16.4 Å². The summed E-state index contributed by atoms with van der Waals surface area (Å²) in [4.78, 5) is 12.5. The van der Waals surface area contributed by atoms with Crippen molar-refractivity contribution in [1.29, 1.82) is 0 Å². The lowest BCUT2D eigenvalue weighted by molar-refractivity contribution is -0.125. The number of fused-ring (bicyclic) bond motifs is 2. The summed E-state index contributed by atoms with van der Waals surface area (Å²) in [5, 5.41) is 7.60. The zero-order chi connectivity index (χ0) is 15.1. The molecule has 0 spiro atoms. The van der Waals surface area contributed by atoms with Crippen LogP contribution in [0.15, 0.2) is 10.7 Å². The number of hydrogen-bond donors (Lipinski definition) is 1. The maximum Gasteiger partial charge on any atom is 0.244 e. The Bertz CT molecular complexity index is 522. The number of hydrogen-bond acceptors (Lipinski definition) is 2. The molecule has 0 radical (unpaired) electrons. The van der Waals surface area contributed by atoms with Crippen LogP contribution >= 0.6 is 15.9 Å². The molecule has 1 amide bonds. The van der Waals surface area contributed by atoms with Crippen molar-refractivity contribution >= 4 is 21.8 Å². The molecule has 1 heterocycles. The van der Waals surface area contributed by atoms with Gasteiger partial charge in [0.25, 0.3) is 0 Å². The van der Waals surface area contributed by atoms with E-state index in [0.29, 0.717) is 5.92 Å². The molecule has 0 unspecified atom stereocenters. The molecule has 5 heteroatoms. The van der Waals surface area contributed by atoms with Crippen LogP contribution in [0, 0.1) is 24.7 Å². The Kier molecular flexibility index (Phi) is 4.12. The molecular weight excluding hydrogens is 330 g/mol. The minimum atomic E-state index is -0.268. The first-order valence-corrected chi connectivity index (χ1v) is 8.76. The molecule has 1 aromatic rings. The molecule has 2 fully saturated rings. The van der Waals surface area contributed by atoms with Crippen molar-refractivity contribution in [2.45, 2.75) is 58.5 Å². The standard InChI is InChI=1S/C16H24BrN3O/c1-9(14-7-12-4-5-13(14)6-12)18-16(21)11(3)20-8-15(17)10(2)19-20/h8-9,11-14H,4-7H2,1-3H3,(H,18,21)/t9-,11-,12+,13+,14-/m0/s1. The molecular formula is C16H24BrN3O. The molecule has 0 saturated heterocycles. The highest BCUT2D eigenvalue weighted by molar-refractivity contribution is 9.10. The Morgan fingerprint density at radius 1 is 1.43 bits per heavy atom. The van der Waals surface area contributed by atoms with Crippen LogP contribution < -0.4 is 5.32 Å². The lowest BCUT2D eigenvalue weighted by atomic mass is 9.84. The van der Waals surface area contributed by atoms with E-state index in [1.165, 1.54) is 25.7 Å². The second-order valence-corrected chi connectivity index (χ2v) is 7.71. The van der Waals surface area contributed by atoms with Crippen LogP contribution in [0.2, 0.25) is 0 Å². The van der Waals surface area contributed by atoms with Crippen molar-refractivity contribution in [2.24, 2.45) is 17.8 Å². The molecule has 2 bridgehead atoms. The molecule has 5 atom stereocenters. The maximum absolute atomic E-state index is 12.5. The van der Waals surface area contributed by atoms with Gasteiger partial charge < -0.3 is 5.32 Å². The topological polar surface area (TPSA) is 46.9 Å². The summed E-state index contributed by atoms with van der Waals surface area (Å²) in [6.07, 6.45) is 7.32. The third kappa shape index (κ3) is 2.89. The van der Waals surface area contributed by atoms with Crippen LogP contribution in [0.5, 0.6) is 0 Å². The summed E-state index contributed by atoms with van der Waals surface area (Å²) in [6.45, 7) is 6.01. The molecule has 4 nitrogen and oxygen atoms in total. The van der Waals surface area contributed by atoms with E-state index >= 15 is 0 Å². The van der Waals surface area contributed by atoms with Crippen molar-refractivity contribution in [3.8, 4) is 0 Å². The van der Waals surface area contributed by atoms with E-state index in [9.17, 15) is 4.79 Å². The van der Waals surface area contributed by atoms with Crippen LogP contribution in [-0.4, -0.2) is 21.7 Å². The average molecular weight is 354 g/mol. The highest BCUT2D eigenvalue weighted by atomic mass is 79.9. The molecule has 2 aliphatic carbocycles. The van der Waals surface area contributed by atoms with E-state index in [1.807, 2.05) is 20.0 Å². The summed E-state index contributed by atoms with van der Waals surface area (Å²) in [5.41, 5.74) is 0.913. The van der Waals surface area contributed by atoms with Gasteiger partial charge in [0, 0.05) is 12.2 Å². The van der Waals surface area contributed by atoms with Gasteiger partial charge in [0.05, 0.1) is 10.2 Å². The lowest BCUT2D eigenvalue weighted by Crippen LogP contribution is -2.43. The summed E-state index contributed by atoms with van der Waals surface area (Å²) in [7, 11) is 0. The molecule has 21 heavy (non-hydrogen) atoms. The number of aromatic nitrogens is 2. The van der Waals surface area contributed by atoms with Crippen LogP contribution in [0.3, 0.4) is 0 Å². The first-order valence-electron chi connectivity index (χ1n) is 7.97. The minimum Gasteiger partial charge on any atom is -0.352 e. The van der Waals surface area contributed by atoms with Gasteiger partial charge in [0.1, 0.15) is 6.04 Å². The van der Waals surface area contributed by atoms with E-state index in [0.717, 1.165) is 22.0 Å². The summed E-state index contributed by atoms with van der Waals surface area (Å²) >= 11 is 3.45. The number of carbonyl (C=O) groups excluding carboxylic acids is 1. The first-order chi connectivity index (χ1) is 9.95. The molecule has 0 aliphatic heterocycles. The van der Waals surface area contributed by atoms with Gasteiger partial charge in [-0.15, -0.1) is 0 Å². The zero-order valence-electron chi connectivity index (χ0n) is 13.0. The van der Waals surface area contributed by atoms with Gasteiger partial charge >= 0.3 is 0 Å².